The van der Waals surface area contributed by atoms with Gasteiger partial charge in [0.2, 0.25) is 0 Å². The summed E-state index contributed by atoms with van der Waals surface area (Å²) in [6.07, 6.45) is 1.68. The van der Waals surface area contributed by atoms with Gasteiger partial charge in [-0.2, -0.15) is 0 Å². The van der Waals surface area contributed by atoms with Gasteiger partial charge in [-0.15, -0.1) is 5.10 Å². The Morgan fingerprint density at radius 1 is 1.19 bits per heavy atom. The van der Waals surface area contributed by atoms with Crippen LogP contribution in [-0.4, -0.2) is 20.1 Å². The standard InChI is InChI=1S/C10H9Cl2N3O/c11-8-1-7(2-9(12)3-8)4-15-5-10(6-16)13-14-15/h1-3,5,16H,4,6H2. The zero-order valence-corrected chi connectivity index (χ0v) is 9.78. The Morgan fingerprint density at radius 2 is 1.88 bits per heavy atom. The lowest BCUT2D eigenvalue weighted by Crippen LogP contribution is -2.00. The molecule has 0 unspecified atom stereocenters. The van der Waals surface area contributed by atoms with Crippen LogP contribution in [0.15, 0.2) is 24.4 Å². The van der Waals surface area contributed by atoms with Crippen molar-refractivity contribution in [2.75, 3.05) is 0 Å². The summed E-state index contributed by atoms with van der Waals surface area (Å²) in [4.78, 5) is 0. The lowest BCUT2D eigenvalue weighted by molar-refractivity contribution is 0.276. The van der Waals surface area contributed by atoms with Gasteiger partial charge >= 0.3 is 0 Å². The molecule has 0 aliphatic rings. The molecule has 0 atom stereocenters. The van der Waals surface area contributed by atoms with E-state index in [2.05, 4.69) is 10.3 Å². The first-order valence-electron chi connectivity index (χ1n) is 4.62. The Hall–Kier alpha value is -1.10. The van der Waals surface area contributed by atoms with Crippen LogP contribution < -0.4 is 0 Å². The van der Waals surface area contributed by atoms with Gasteiger partial charge in [0.05, 0.1) is 19.3 Å². The molecule has 0 saturated carbocycles. The van der Waals surface area contributed by atoms with E-state index in [1.165, 1.54) is 0 Å². The van der Waals surface area contributed by atoms with Gasteiger partial charge in [0.1, 0.15) is 5.69 Å². The van der Waals surface area contributed by atoms with Crippen LogP contribution in [0.4, 0.5) is 0 Å². The molecule has 1 N–H and O–H groups in total. The summed E-state index contributed by atoms with van der Waals surface area (Å²) in [5, 5.41) is 17.7. The maximum atomic E-state index is 8.85. The Bertz CT molecular complexity index is 478. The summed E-state index contributed by atoms with van der Waals surface area (Å²) < 4.78 is 1.62. The van der Waals surface area contributed by atoms with E-state index >= 15 is 0 Å². The summed E-state index contributed by atoms with van der Waals surface area (Å²) >= 11 is 11.8. The van der Waals surface area contributed by atoms with Crippen molar-refractivity contribution in [3.05, 3.63) is 45.7 Å². The molecule has 0 spiro atoms. The van der Waals surface area contributed by atoms with E-state index in [-0.39, 0.29) is 6.61 Å². The molecule has 0 amide bonds. The molecule has 0 aliphatic heterocycles. The second-order valence-corrected chi connectivity index (χ2v) is 4.22. The van der Waals surface area contributed by atoms with Gasteiger partial charge in [-0.25, -0.2) is 4.68 Å². The summed E-state index contributed by atoms with van der Waals surface area (Å²) in [6, 6.07) is 5.30. The Labute approximate surface area is 102 Å². The second-order valence-electron chi connectivity index (χ2n) is 3.34. The van der Waals surface area contributed by atoms with Crippen molar-refractivity contribution in [3.63, 3.8) is 0 Å². The van der Waals surface area contributed by atoms with E-state index in [4.69, 9.17) is 28.3 Å². The highest BCUT2D eigenvalue weighted by molar-refractivity contribution is 6.34. The minimum Gasteiger partial charge on any atom is -0.390 e. The topological polar surface area (TPSA) is 50.9 Å². The first-order valence-corrected chi connectivity index (χ1v) is 5.38. The summed E-state index contributed by atoms with van der Waals surface area (Å²) in [5.74, 6) is 0. The number of benzene rings is 1. The molecule has 2 rings (SSSR count). The van der Waals surface area contributed by atoms with Crippen LogP contribution in [0.3, 0.4) is 0 Å². The van der Waals surface area contributed by atoms with Gasteiger partial charge in [-0.3, -0.25) is 0 Å². The highest BCUT2D eigenvalue weighted by Gasteiger charge is 2.02. The number of halogens is 2. The van der Waals surface area contributed by atoms with Crippen LogP contribution in [-0.2, 0) is 13.2 Å². The molecule has 0 fully saturated rings. The number of nitrogens with zero attached hydrogens (tertiary/aromatic N) is 3. The number of hydrogen-bond acceptors (Lipinski definition) is 3. The SMILES string of the molecule is OCc1cn(Cc2cc(Cl)cc(Cl)c2)nn1. The third-order valence-electron chi connectivity index (χ3n) is 2.02. The Balaban J connectivity index is 2.19. The minimum atomic E-state index is -0.115. The van der Waals surface area contributed by atoms with Crippen LogP contribution in [0.2, 0.25) is 10.0 Å². The number of aliphatic hydroxyl groups excluding tert-OH is 1. The predicted octanol–water partition coefficient (Wildman–Crippen LogP) is 2.13. The van der Waals surface area contributed by atoms with Crippen molar-refractivity contribution in [2.45, 2.75) is 13.2 Å². The number of aromatic nitrogens is 3. The maximum Gasteiger partial charge on any atom is 0.108 e. The molecule has 16 heavy (non-hydrogen) atoms. The quantitative estimate of drug-likeness (QED) is 0.917. The van der Waals surface area contributed by atoms with Crippen molar-refractivity contribution >= 4 is 23.2 Å². The number of hydrogen-bond donors (Lipinski definition) is 1. The van der Waals surface area contributed by atoms with Crippen LogP contribution in [0.25, 0.3) is 0 Å². The molecule has 0 aliphatic carbocycles. The third-order valence-corrected chi connectivity index (χ3v) is 2.45. The van der Waals surface area contributed by atoms with Crippen LogP contribution >= 0.6 is 23.2 Å². The summed E-state index contributed by atoms with van der Waals surface area (Å²) in [7, 11) is 0. The zero-order chi connectivity index (χ0) is 11.5. The average Bonchev–Trinajstić information content (AvgIpc) is 2.64. The minimum absolute atomic E-state index is 0.115. The summed E-state index contributed by atoms with van der Waals surface area (Å²) in [5.41, 5.74) is 1.47. The molecule has 0 saturated heterocycles. The highest BCUT2D eigenvalue weighted by atomic mass is 35.5. The van der Waals surface area contributed by atoms with Gasteiger partial charge in [0.25, 0.3) is 0 Å². The van der Waals surface area contributed by atoms with E-state index in [0.717, 1.165) is 5.56 Å². The molecule has 1 aromatic heterocycles. The van der Waals surface area contributed by atoms with E-state index in [9.17, 15) is 0 Å². The molecular weight excluding hydrogens is 249 g/mol. The molecule has 4 nitrogen and oxygen atoms in total. The molecular formula is C10H9Cl2N3O. The van der Waals surface area contributed by atoms with E-state index in [1.807, 2.05) is 12.1 Å². The molecule has 1 heterocycles. The van der Waals surface area contributed by atoms with E-state index in [0.29, 0.717) is 22.3 Å². The van der Waals surface area contributed by atoms with Crippen LogP contribution in [0.5, 0.6) is 0 Å². The van der Waals surface area contributed by atoms with Crippen LogP contribution in [0.1, 0.15) is 11.3 Å². The van der Waals surface area contributed by atoms with Crippen molar-refractivity contribution in [3.8, 4) is 0 Å². The molecule has 2 aromatic rings. The largest absolute Gasteiger partial charge is 0.390 e. The normalized spacial score (nSPS) is 10.7. The number of rotatable bonds is 3. The first-order chi connectivity index (χ1) is 7.67. The lowest BCUT2D eigenvalue weighted by Gasteiger charge is -2.02. The fraction of sp³-hybridized carbons (Fsp3) is 0.200. The smallest absolute Gasteiger partial charge is 0.108 e. The van der Waals surface area contributed by atoms with Crippen molar-refractivity contribution in [2.24, 2.45) is 0 Å². The Kier molecular flexibility index (Phi) is 3.43. The fourth-order valence-electron chi connectivity index (χ4n) is 1.38. The van der Waals surface area contributed by atoms with Gasteiger partial charge in [-0.05, 0) is 23.8 Å². The molecule has 0 radical (unpaired) electrons. The first kappa shape index (κ1) is 11.4. The fourth-order valence-corrected chi connectivity index (χ4v) is 1.95. The van der Waals surface area contributed by atoms with Gasteiger partial charge in [-0.1, -0.05) is 28.4 Å². The van der Waals surface area contributed by atoms with Gasteiger partial charge in [0, 0.05) is 10.0 Å². The molecule has 0 bridgehead atoms. The monoisotopic (exact) mass is 257 g/mol. The highest BCUT2D eigenvalue weighted by Crippen LogP contribution is 2.19. The number of aliphatic hydroxyl groups is 1. The van der Waals surface area contributed by atoms with Crippen molar-refractivity contribution < 1.29 is 5.11 Å². The summed E-state index contributed by atoms with van der Waals surface area (Å²) in [6.45, 7) is 0.406. The van der Waals surface area contributed by atoms with Crippen molar-refractivity contribution in [1.82, 2.24) is 15.0 Å². The van der Waals surface area contributed by atoms with E-state index < -0.39 is 0 Å². The van der Waals surface area contributed by atoms with Crippen LogP contribution in [0, 0.1) is 0 Å². The second kappa shape index (κ2) is 4.82. The maximum absolute atomic E-state index is 8.85. The third kappa shape index (κ3) is 2.72. The molecule has 6 heteroatoms. The average molecular weight is 258 g/mol. The zero-order valence-electron chi connectivity index (χ0n) is 8.27. The predicted molar refractivity (Wildman–Crippen MR) is 61.5 cm³/mol. The molecule has 84 valence electrons. The van der Waals surface area contributed by atoms with E-state index in [1.54, 1.807) is 16.9 Å². The van der Waals surface area contributed by atoms with Gasteiger partial charge < -0.3 is 5.11 Å². The Morgan fingerprint density at radius 3 is 2.44 bits per heavy atom. The van der Waals surface area contributed by atoms with Gasteiger partial charge in [0.15, 0.2) is 0 Å². The molecule has 1 aromatic carbocycles. The lowest BCUT2D eigenvalue weighted by atomic mass is 10.2. The van der Waals surface area contributed by atoms with Crippen molar-refractivity contribution in [1.29, 1.82) is 0 Å².